The second kappa shape index (κ2) is 3.25. The molecule has 0 aliphatic heterocycles. The Bertz CT molecular complexity index is 265. The van der Waals surface area contributed by atoms with Crippen molar-refractivity contribution >= 4 is 27.3 Å². The fourth-order valence-corrected chi connectivity index (χ4v) is 2.69. The van der Waals surface area contributed by atoms with Gasteiger partial charge in [-0.2, -0.15) is 0 Å². The Morgan fingerprint density at radius 2 is 2.00 bits per heavy atom. The van der Waals surface area contributed by atoms with E-state index in [-0.39, 0.29) is 6.04 Å². The van der Waals surface area contributed by atoms with Crippen LogP contribution in [0.5, 0.6) is 0 Å². The van der Waals surface area contributed by atoms with Crippen molar-refractivity contribution in [2.45, 2.75) is 26.8 Å². The van der Waals surface area contributed by atoms with Gasteiger partial charge < -0.3 is 5.73 Å². The summed E-state index contributed by atoms with van der Waals surface area (Å²) in [6.45, 7) is 6.23. The first-order chi connectivity index (χ1) is 5.04. The Kier molecular flexibility index (Phi) is 2.73. The van der Waals surface area contributed by atoms with Crippen molar-refractivity contribution in [2.24, 2.45) is 5.73 Å². The van der Waals surface area contributed by atoms with Crippen molar-refractivity contribution < 1.29 is 0 Å². The highest BCUT2D eigenvalue weighted by Crippen LogP contribution is 2.34. The van der Waals surface area contributed by atoms with Crippen molar-refractivity contribution in [3.63, 3.8) is 0 Å². The van der Waals surface area contributed by atoms with Gasteiger partial charge in [-0.25, -0.2) is 0 Å². The Hall–Kier alpha value is 0.140. The van der Waals surface area contributed by atoms with Gasteiger partial charge in [0, 0.05) is 20.3 Å². The molecular formula is C8H12BrNS. The van der Waals surface area contributed by atoms with Crippen LogP contribution in [-0.2, 0) is 0 Å². The number of halogens is 1. The largest absolute Gasteiger partial charge is 0.323 e. The van der Waals surface area contributed by atoms with E-state index < -0.39 is 0 Å². The van der Waals surface area contributed by atoms with Gasteiger partial charge in [0.25, 0.3) is 0 Å². The first-order valence-corrected chi connectivity index (χ1v) is 5.16. The molecule has 0 saturated heterocycles. The van der Waals surface area contributed by atoms with E-state index in [0.29, 0.717) is 0 Å². The highest BCUT2D eigenvalue weighted by Gasteiger charge is 2.11. The van der Waals surface area contributed by atoms with Crippen molar-refractivity contribution in [3.8, 4) is 0 Å². The van der Waals surface area contributed by atoms with Crippen LogP contribution in [0.25, 0.3) is 0 Å². The minimum atomic E-state index is 0.157. The maximum absolute atomic E-state index is 5.79. The highest BCUT2D eigenvalue weighted by molar-refractivity contribution is 9.10. The minimum absolute atomic E-state index is 0.157. The maximum atomic E-state index is 5.79. The third-order valence-electron chi connectivity index (χ3n) is 1.68. The third-order valence-corrected chi connectivity index (χ3v) is 4.54. The van der Waals surface area contributed by atoms with Gasteiger partial charge in [-0.1, -0.05) is 0 Å². The summed E-state index contributed by atoms with van der Waals surface area (Å²) in [7, 11) is 0. The van der Waals surface area contributed by atoms with Crippen LogP contribution in [0.2, 0.25) is 0 Å². The number of thiophene rings is 1. The maximum Gasteiger partial charge on any atom is 0.0364 e. The number of hydrogen-bond acceptors (Lipinski definition) is 2. The summed E-state index contributed by atoms with van der Waals surface area (Å²) >= 11 is 5.30. The zero-order chi connectivity index (χ0) is 8.59. The first kappa shape index (κ1) is 9.23. The van der Waals surface area contributed by atoms with Gasteiger partial charge in [0.2, 0.25) is 0 Å². The van der Waals surface area contributed by atoms with Gasteiger partial charge in [-0.05, 0) is 42.3 Å². The quantitative estimate of drug-likeness (QED) is 0.793. The van der Waals surface area contributed by atoms with Gasteiger partial charge >= 0.3 is 0 Å². The Morgan fingerprint density at radius 1 is 1.45 bits per heavy atom. The van der Waals surface area contributed by atoms with Crippen LogP contribution < -0.4 is 5.73 Å². The summed E-state index contributed by atoms with van der Waals surface area (Å²) in [5.41, 5.74) is 7.08. The summed E-state index contributed by atoms with van der Waals surface area (Å²) in [6, 6.07) is 0.157. The van der Waals surface area contributed by atoms with E-state index in [9.17, 15) is 0 Å². The second-order valence-corrected chi connectivity index (χ2v) is 4.80. The molecule has 0 aromatic carbocycles. The molecule has 62 valence electrons. The summed E-state index contributed by atoms with van der Waals surface area (Å²) in [5.74, 6) is 0. The van der Waals surface area contributed by atoms with Crippen LogP contribution in [0.15, 0.2) is 4.47 Å². The van der Waals surface area contributed by atoms with Gasteiger partial charge in [0.1, 0.15) is 0 Å². The van der Waals surface area contributed by atoms with E-state index in [1.807, 2.05) is 6.92 Å². The van der Waals surface area contributed by atoms with E-state index in [1.54, 1.807) is 11.3 Å². The van der Waals surface area contributed by atoms with Crippen molar-refractivity contribution in [1.29, 1.82) is 0 Å². The molecule has 3 heteroatoms. The summed E-state index contributed by atoms with van der Waals surface area (Å²) < 4.78 is 1.22. The molecule has 1 rings (SSSR count). The van der Waals surface area contributed by atoms with E-state index >= 15 is 0 Å². The molecule has 1 nitrogen and oxygen atoms in total. The SMILES string of the molecule is Cc1sc(C(C)N)c(C)c1Br. The molecule has 0 aliphatic rings. The molecule has 0 bridgehead atoms. The molecule has 0 aliphatic carbocycles. The Labute approximate surface area is 79.7 Å². The van der Waals surface area contributed by atoms with Gasteiger partial charge in [-0.3, -0.25) is 0 Å². The average Bonchev–Trinajstić information content (AvgIpc) is 2.17. The molecule has 0 amide bonds. The van der Waals surface area contributed by atoms with Crippen LogP contribution in [-0.4, -0.2) is 0 Å². The molecule has 2 N–H and O–H groups in total. The third kappa shape index (κ3) is 1.66. The minimum Gasteiger partial charge on any atom is -0.323 e. The lowest BCUT2D eigenvalue weighted by atomic mass is 10.2. The molecule has 11 heavy (non-hydrogen) atoms. The summed E-state index contributed by atoms with van der Waals surface area (Å²) in [6.07, 6.45) is 0. The summed E-state index contributed by atoms with van der Waals surface area (Å²) in [4.78, 5) is 2.60. The molecule has 0 radical (unpaired) electrons. The molecular weight excluding hydrogens is 222 g/mol. The van der Waals surface area contributed by atoms with Crippen molar-refractivity contribution in [3.05, 3.63) is 19.8 Å². The second-order valence-electron chi connectivity index (χ2n) is 2.75. The molecule has 1 aromatic rings. The van der Waals surface area contributed by atoms with Crippen LogP contribution >= 0.6 is 27.3 Å². The lowest BCUT2D eigenvalue weighted by Crippen LogP contribution is -2.03. The zero-order valence-corrected chi connectivity index (χ0v) is 9.34. The molecule has 1 unspecified atom stereocenters. The van der Waals surface area contributed by atoms with Gasteiger partial charge in [-0.15, -0.1) is 11.3 Å². The predicted octanol–water partition coefficient (Wildman–Crippen LogP) is 3.15. The zero-order valence-electron chi connectivity index (χ0n) is 6.94. The molecule has 0 fully saturated rings. The fourth-order valence-electron chi connectivity index (χ4n) is 1.09. The standard InChI is InChI=1S/C8H12BrNS/c1-4-7(9)6(3)11-8(4)5(2)10/h5H,10H2,1-3H3. The topological polar surface area (TPSA) is 26.0 Å². The van der Waals surface area contributed by atoms with Crippen molar-refractivity contribution in [2.75, 3.05) is 0 Å². The predicted molar refractivity (Wildman–Crippen MR) is 54.1 cm³/mol. The lowest BCUT2D eigenvalue weighted by molar-refractivity contribution is 0.830. The van der Waals surface area contributed by atoms with Crippen molar-refractivity contribution in [1.82, 2.24) is 0 Å². The lowest BCUT2D eigenvalue weighted by Gasteiger charge is -2.01. The number of nitrogens with two attached hydrogens (primary N) is 1. The Balaban J connectivity index is 3.19. The highest BCUT2D eigenvalue weighted by atomic mass is 79.9. The van der Waals surface area contributed by atoms with Crippen LogP contribution in [0.1, 0.15) is 28.3 Å². The van der Waals surface area contributed by atoms with E-state index in [4.69, 9.17) is 5.73 Å². The fraction of sp³-hybridized carbons (Fsp3) is 0.500. The smallest absolute Gasteiger partial charge is 0.0364 e. The van der Waals surface area contributed by atoms with E-state index in [1.165, 1.54) is 19.8 Å². The molecule has 1 atom stereocenters. The van der Waals surface area contributed by atoms with Gasteiger partial charge in [0.15, 0.2) is 0 Å². The molecule has 0 spiro atoms. The number of aryl methyl sites for hydroxylation is 1. The first-order valence-electron chi connectivity index (χ1n) is 3.55. The average molecular weight is 234 g/mol. The van der Waals surface area contributed by atoms with E-state index in [0.717, 1.165) is 0 Å². The molecule has 1 aromatic heterocycles. The molecule has 1 heterocycles. The number of rotatable bonds is 1. The number of hydrogen-bond donors (Lipinski definition) is 1. The monoisotopic (exact) mass is 233 g/mol. The van der Waals surface area contributed by atoms with Crippen LogP contribution in [0.4, 0.5) is 0 Å². The van der Waals surface area contributed by atoms with Crippen LogP contribution in [0, 0.1) is 13.8 Å². The summed E-state index contributed by atoms with van der Waals surface area (Å²) in [5, 5.41) is 0. The normalized spacial score (nSPS) is 13.5. The molecule has 0 saturated carbocycles. The van der Waals surface area contributed by atoms with Crippen LogP contribution in [0.3, 0.4) is 0 Å². The Morgan fingerprint density at radius 3 is 2.18 bits per heavy atom. The van der Waals surface area contributed by atoms with E-state index in [2.05, 4.69) is 29.8 Å². The van der Waals surface area contributed by atoms with Gasteiger partial charge in [0.05, 0.1) is 0 Å².